The molecule has 0 aromatic carbocycles. The summed E-state index contributed by atoms with van der Waals surface area (Å²) in [7, 11) is 0. The van der Waals surface area contributed by atoms with Gasteiger partial charge in [0.25, 0.3) is 0 Å². The molecule has 1 nitrogen and oxygen atoms in total. The summed E-state index contributed by atoms with van der Waals surface area (Å²) in [6.07, 6.45) is 15.5. The van der Waals surface area contributed by atoms with Crippen LogP contribution in [0.4, 0.5) is 0 Å². The second-order valence-electron chi connectivity index (χ2n) is 9.52. The summed E-state index contributed by atoms with van der Waals surface area (Å²) in [4.78, 5) is 0. The molecule has 0 aromatic heterocycles. The van der Waals surface area contributed by atoms with Crippen molar-refractivity contribution in [2.24, 2.45) is 34.5 Å². The lowest BCUT2D eigenvalue weighted by Gasteiger charge is -2.59. The number of hydrogen-bond donors (Lipinski definition) is 1. The maximum atomic E-state index is 4.06. The smallest absolute Gasteiger partial charge is 0.00957 e. The lowest BCUT2D eigenvalue weighted by atomic mass is 9.48. The minimum Gasteiger partial charge on any atom is -0.313 e. The fraction of sp³-hybridized carbons (Fsp3) is 1.00. The predicted octanol–water partition coefficient (Wildman–Crippen LogP) is 4.37. The lowest BCUT2D eigenvalue weighted by Crippen LogP contribution is -2.55. The van der Waals surface area contributed by atoms with E-state index in [0.717, 1.165) is 35.1 Å². The van der Waals surface area contributed by atoms with Crippen LogP contribution in [-0.4, -0.2) is 12.6 Å². The molecular formula is C19H31N. The summed E-state index contributed by atoms with van der Waals surface area (Å²) in [6.45, 7) is 3.89. The Labute approximate surface area is 124 Å². The first kappa shape index (κ1) is 12.5. The van der Waals surface area contributed by atoms with Gasteiger partial charge in [-0.25, -0.2) is 0 Å². The number of rotatable bonds is 5. The molecule has 6 aliphatic carbocycles. The van der Waals surface area contributed by atoms with Gasteiger partial charge in [-0.1, -0.05) is 0 Å². The van der Waals surface area contributed by atoms with Crippen LogP contribution < -0.4 is 5.32 Å². The minimum absolute atomic E-state index is 0.703. The second kappa shape index (κ2) is 4.03. The van der Waals surface area contributed by atoms with Gasteiger partial charge in [-0.05, 0) is 106 Å². The molecule has 0 amide bonds. The van der Waals surface area contributed by atoms with Crippen molar-refractivity contribution in [2.45, 2.75) is 77.2 Å². The first-order chi connectivity index (χ1) is 9.68. The average Bonchev–Trinajstić information content (AvgIpc) is 3.26. The summed E-state index contributed by atoms with van der Waals surface area (Å²) < 4.78 is 0. The van der Waals surface area contributed by atoms with Crippen LogP contribution >= 0.6 is 0 Å². The molecule has 112 valence electrons. The summed E-state index contributed by atoms with van der Waals surface area (Å²) in [5.41, 5.74) is 1.48. The van der Waals surface area contributed by atoms with Gasteiger partial charge in [0.2, 0.25) is 0 Å². The normalized spacial score (nSPS) is 49.4. The van der Waals surface area contributed by atoms with Crippen LogP contribution in [0.5, 0.6) is 0 Å². The van der Waals surface area contributed by atoms with Crippen molar-refractivity contribution in [3.8, 4) is 0 Å². The third-order valence-electron chi connectivity index (χ3n) is 8.10. The Hall–Kier alpha value is -0.0400. The Kier molecular flexibility index (Phi) is 2.52. The summed E-state index contributed by atoms with van der Waals surface area (Å²) in [6, 6.07) is 0.784. The summed E-state index contributed by atoms with van der Waals surface area (Å²) in [5.74, 6) is 4.41. The minimum atomic E-state index is 0.703. The Morgan fingerprint density at radius 3 is 1.95 bits per heavy atom. The molecule has 0 aromatic rings. The van der Waals surface area contributed by atoms with Crippen molar-refractivity contribution in [1.29, 1.82) is 0 Å². The largest absolute Gasteiger partial charge is 0.313 e. The topological polar surface area (TPSA) is 12.0 Å². The zero-order valence-electron chi connectivity index (χ0n) is 13.2. The van der Waals surface area contributed by atoms with E-state index in [0.29, 0.717) is 5.41 Å². The van der Waals surface area contributed by atoms with E-state index >= 15 is 0 Å². The van der Waals surface area contributed by atoms with Gasteiger partial charge in [-0.15, -0.1) is 0 Å². The summed E-state index contributed by atoms with van der Waals surface area (Å²) in [5, 5.41) is 4.06. The van der Waals surface area contributed by atoms with E-state index in [-0.39, 0.29) is 0 Å². The van der Waals surface area contributed by atoms with Gasteiger partial charge in [0.1, 0.15) is 0 Å². The molecule has 6 fully saturated rings. The Bertz CT molecular complexity index is 369. The van der Waals surface area contributed by atoms with Crippen molar-refractivity contribution in [3.63, 3.8) is 0 Å². The highest BCUT2D eigenvalue weighted by molar-refractivity contribution is 5.08. The van der Waals surface area contributed by atoms with Crippen LogP contribution in [0.25, 0.3) is 0 Å². The Morgan fingerprint density at radius 2 is 1.50 bits per heavy atom. The van der Waals surface area contributed by atoms with E-state index in [1.54, 1.807) is 38.5 Å². The van der Waals surface area contributed by atoms with Gasteiger partial charge < -0.3 is 5.32 Å². The molecule has 1 atom stereocenters. The molecule has 20 heavy (non-hydrogen) atoms. The number of nitrogens with one attached hydrogen (secondary N) is 1. The highest BCUT2D eigenvalue weighted by Crippen LogP contribution is 2.63. The van der Waals surface area contributed by atoms with Crippen LogP contribution in [0.2, 0.25) is 0 Å². The molecule has 0 radical (unpaired) electrons. The maximum absolute atomic E-state index is 4.06. The Balaban J connectivity index is 1.27. The third kappa shape index (κ3) is 1.84. The standard InChI is InChI=1S/C19H31N/c1-13(20-12-18(4-5-18)17-2-3-17)19-9-14-6-15(10-19)8-16(7-14)11-19/h13-17,20H,2-12H2,1H3. The molecular weight excluding hydrogens is 242 g/mol. The maximum Gasteiger partial charge on any atom is 0.00957 e. The molecule has 0 aliphatic heterocycles. The average molecular weight is 273 g/mol. The van der Waals surface area contributed by atoms with Crippen LogP contribution in [0.1, 0.15) is 71.1 Å². The summed E-state index contributed by atoms with van der Waals surface area (Å²) >= 11 is 0. The highest BCUT2D eigenvalue weighted by atomic mass is 15.0. The van der Waals surface area contributed by atoms with E-state index in [2.05, 4.69) is 12.2 Å². The van der Waals surface area contributed by atoms with Crippen molar-refractivity contribution in [3.05, 3.63) is 0 Å². The predicted molar refractivity (Wildman–Crippen MR) is 82.5 cm³/mol. The number of hydrogen-bond acceptors (Lipinski definition) is 1. The van der Waals surface area contributed by atoms with Gasteiger partial charge in [0, 0.05) is 12.6 Å². The van der Waals surface area contributed by atoms with Crippen LogP contribution in [-0.2, 0) is 0 Å². The van der Waals surface area contributed by atoms with E-state index in [9.17, 15) is 0 Å². The fourth-order valence-corrected chi connectivity index (χ4v) is 6.87. The van der Waals surface area contributed by atoms with Gasteiger partial charge in [0.05, 0.1) is 0 Å². The molecule has 0 spiro atoms. The Morgan fingerprint density at radius 1 is 0.950 bits per heavy atom. The molecule has 1 unspecified atom stereocenters. The van der Waals surface area contributed by atoms with E-state index in [1.807, 2.05) is 0 Å². The van der Waals surface area contributed by atoms with Crippen LogP contribution in [0, 0.1) is 34.5 Å². The first-order valence-corrected chi connectivity index (χ1v) is 9.41. The van der Waals surface area contributed by atoms with Gasteiger partial charge in [0.15, 0.2) is 0 Å². The van der Waals surface area contributed by atoms with Crippen molar-refractivity contribution in [2.75, 3.05) is 6.54 Å². The second-order valence-corrected chi connectivity index (χ2v) is 9.52. The van der Waals surface area contributed by atoms with Crippen molar-refractivity contribution in [1.82, 2.24) is 5.32 Å². The van der Waals surface area contributed by atoms with Crippen molar-refractivity contribution < 1.29 is 0 Å². The van der Waals surface area contributed by atoms with E-state index in [1.165, 1.54) is 32.2 Å². The zero-order valence-corrected chi connectivity index (χ0v) is 13.2. The molecule has 1 N–H and O–H groups in total. The SMILES string of the molecule is CC(NCC1(C2CC2)CC1)C12CC3CC(CC(C3)C1)C2. The van der Waals surface area contributed by atoms with Crippen molar-refractivity contribution >= 4 is 0 Å². The highest BCUT2D eigenvalue weighted by Gasteiger charge is 2.56. The molecule has 1 heteroatoms. The van der Waals surface area contributed by atoms with Gasteiger partial charge >= 0.3 is 0 Å². The quantitative estimate of drug-likeness (QED) is 0.784. The van der Waals surface area contributed by atoms with Gasteiger partial charge in [-0.3, -0.25) is 0 Å². The van der Waals surface area contributed by atoms with E-state index in [4.69, 9.17) is 0 Å². The molecule has 0 saturated heterocycles. The molecule has 6 saturated carbocycles. The first-order valence-electron chi connectivity index (χ1n) is 9.41. The fourth-order valence-electron chi connectivity index (χ4n) is 6.87. The zero-order chi connectivity index (χ0) is 13.4. The molecule has 6 aliphatic rings. The molecule has 0 heterocycles. The van der Waals surface area contributed by atoms with E-state index < -0.39 is 0 Å². The molecule has 4 bridgehead atoms. The molecule has 6 rings (SSSR count). The van der Waals surface area contributed by atoms with Gasteiger partial charge in [-0.2, -0.15) is 0 Å². The lowest BCUT2D eigenvalue weighted by molar-refractivity contribution is -0.0711. The van der Waals surface area contributed by atoms with Crippen LogP contribution in [0.15, 0.2) is 0 Å². The monoisotopic (exact) mass is 273 g/mol. The van der Waals surface area contributed by atoms with Crippen LogP contribution in [0.3, 0.4) is 0 Å². The third-order valence-corrected chi connectivity index (χ3v) is 8.10.